The van der Waals surface area contributed by atoms with Crippen molar-refractivity contribution < 1.29 is 4.39 Å². The SMILES string of the molecule is CCC1(C)CCSC(Nc2cc(F)c(Br)cc2C)=N1. The van der Waals surface area contributed by atoms with E-state index >= 15 is 0 Å². The van der Waals surface area contributed by atoms with E-state index < -0.39 is 0 Å². The number of halogens is 2. The average molecular weight is 345 g/mol. The molecule has 0 saturated heterocycles. The first-order valence-electron chi connectivity index (χ1n) is 6.39. The maximum atomic E-state index is 13.6. The second-order valence-electron chi connectivity index (χ2n) is 5.07. The highest BCUT2D eigenvalue weighted by Gasteiger charge is 2.26. The highest BCUT2D eigenvalue weighted by Crippen LogP contribution is 2.31. The molecule has 0 radical (unpaired) electrons. The minimum atomic E-state index is -0.257. The zero-order valence-electron chi connectivity index (χ0n) is 11.4. The molecule has 1 heterocycles. The Morgan fingerprint density at radius 3 is 2.95 bits per heavy atom. The molecule has 0 aromatic heterocycles. The number of thioether (sulfide) groups is 1. The zero-order chi connectivity index (χ0) is 14.0. The average Bonchev–Trinajstić information content (AvgIpc) is 2.36. The summed E-state index contributed by atoms with van der Waals surface area (Å²) in [5.74, 6) is 0.793. The van der Waals surface area contributed by atoms with Crippen LogP contribution in [-0.4, -0.2) is 16.5 Å². The van der Waals surface area contributed by atoms with E-state index in [1.54, 1.807) is 17.8 Å². The standard InChI is InChI=1S/C14H18BrFN2S/c1-4-14(3)5-6-19-13(18-14)17-12-8-11(16)10(15)7-9(12)2/h7-8H,4-6H2,1-3H3,(H,17,18). The van der Waals surface area contributed by atoms with E-state index in [2.05, 4.69) is 35.1 Å². The molecule has 1 aromatic rings. The van der Waals surface area contributed by atoms with Gasteiger partial charge in [0.05, 0.1) is 10.0 Å². The number of nitrogens with one attached hydrogen (secondary N) is 1. The lowest BCUT2D eigenvalue weighted by Gasteiger charge is -2.29. The van der Waals surface area contributed by atoms with E-state index in [1.165, 1.54) is 6.07 Å². The summed E-state index contributed by atoms with van der Waals surface area (Å²) in [6, 6.07) is 3.30. The lowest BCUT2D eigenvalue weighted by atomic mass is 9.97. The fraction of sp³-hybridized carbons (Fsp3) is 0.500. The number of anilines is 1. The van der Waals surface area contributed by atoms with Crippen LogP contribution >= 0.6 is 27.7 Å². The Morgan fingerprint density at radius 2 is 2.26 bits per heavy atom. The van der Waals surface area contributed by atoms with Crippen molar-refractivity contribution in [1.82, 2.24) is 0 Å². The molecule has 19 heavy (non-hydrogen) atoms. The summed E-state index contributed by atoms with van der Waals surface area (Å²) in [4.78, 5) is 4.76. The Morgan fingerprint density at radius 1 is 1.53 bits per heavy atom. The van der Waals surface area contributed by atoms with Crippen LogP contribution in [0.2, 0.25) is 0 Å². The zero-order valence-corrected chi connectivity index (χ0v) is 13.8. The molecule has 0 amide bonds. The monoisotopic (exact) mass is 344 g/mol. The Hall–Kier alpha value is -0.550. The van der Waals surface area contributed by atoms with Crippen LogP contribution < -0.4 is 5.32 Å². The Labute approximate surface area is 126 Å². The lowest BCUT2D eigenvalue weighted by Crippen LogP contribution is -2.29. The summed E-state index contributed by atoms with van der Waals surface area (Å²) in [6.45, 7) is 6.28. The number of nitrogens with zero attached hydrogens (tertiary/aromatic N) is 1. The van der Waals surface area contributed by atoms with Crippen LogP contribution in [0.3, 0.4) is 0 Å². The Bertz CT molecular complexity index is 518. The summed E-state index contributed by atoms with van der Waals surface area (Å²) in [7, 11) is 0. The van der Waals surface area contributed by atoms with Crippen LogP contribution in [0, 0.1) is 12.7 Å². The first-order chi connectivity index (χ1) is 8.93. The van der Waals surface area contributed by atoms with Gasteiger partial charge in [0.25, 0.3) is 0 Å². The van der Waals surface area contributed by atoms with Gasteiger partial charge in [0.15, 0.2) is 5.17 Å². The Kier molecular flexibility index (Phi) is 4.56. The first-order valence-corrected chi connectivity index (χ1v) is 8.17. The molecule has 1 aromatic carbocycles. The van der Waals surface area contributed by atoms with Crippen molar-refractivity contribution in [2.45, 2.75) is 39.2 Å². The number of aliphatic imine (C=N–C) groups is 1. The van der Waals surface area contributed by atoms with Crippen molar-refractivity contribution in [3.05, 3.63) is 28.0 Å². The summed E-state index contributed by atoms with van der Waals surface area (Å²) >= 11 is 4.90. The van der Waals surface area contributed by atoms with Crippen LogP contribution in [0.15, 0.2) is 21.6 Å². The topological polar surface area (TPSA) is 24.4 Å². The van der Waals surface area contributed by atoms with Gasteiger partial charge in [-0.1, -0.05) is 18.7 Å². The highest BCUT2D eigenvalue weighted by molar-refractivity contribution is 9.10. The first kappa shape index (κ1) is 14.9. The number of hydrogen-bond donors (Lipinski definition) is 1. The predicted molar refractivity (Wildman–Crippen MR) is 85.7 cm³/mol. The van der Waals surface area contributed by atoms with Gasteiger partial charge >= 0.3 is 0 Å². The Balaban J connectivity index is 2.24. The molecule has 0 saturated carbocycles. The minimum absolute atomic E-state index is 0.00932. The van der Waals surface area contributed by atoms with Gasteiger partial charge in [-0.2, -0.15) is 0 Å². The van der Waals surface area contributed by atoms with E-state index in [-0.39, 0.29) is 11.4 Å². The molecular weight excluding hydrogens is 327 g/mol. The van der Waals surface area contributed by atoms with E-state index in [1.807, 2.05) is 6.92 Å². The molecule has 0 fully saturated rings. The van der Waals surface area contributed by atoms with E-state index in [9.17, 15) is 4.39 Å². The summed E-state index contributed by atoms with van der Waals surface area (Å²) < 4.78 is 14.1. The molecule has 1 N–H and O–H groups in total. The van der Waals surface area contributed by atoms with E-state index in [0.29, 0.717) is 4.47 Å². The second kappa shape index (κ2) is 5.83. The van der Waals surface area contributed by atoms with Gasteiger partial charge in [-0.15, -0.1) is 0 Å². The summed E-state index contributed by atoms with van der Waals surface area (Å²) in [6.07, 6.45) is 2.11. The van der Waals surface area contributed by atoms with Crippen molar-refractivity contribution in [1.29, 1.82) is 0 Å². The van der Waals surface area contributed by atoms with Gasteiger partial charge in [-0.05, 0) is 60.3 Å². The maximum absolute atomic E-state index is 13.6. The molecule has 0 aliphatic carbocycles. The normalized spacial score (nSPS) is 23.1. The van der Waals surface area contributed by atoms with Gasteiger partial charge in [0, 0.05) is 11.4 Å². The molecule has 1 unspecified atom stereocenters. The van der Waals surface area contributed by atoms with Crippen molar-refractivity contribution in [2.24, 2.45) is 4.99 Å². The molecule has 5 heteroatoms. The van der Waals surface area contributed by atoms with Gasteiger partial charge in [0.1, 0.15) is 5.82 Å². The smallest absolute Gasteiger partial charge is 0.161 e. The molecular formula is C14H18BrFN2S. The molecule has 0 bridgehead atoms. The number of aryl methyl sites for hydroxylation is 1. The van der Waals surface area contributed by atoms with Crippen molar-refractivity contribution in [3.63, 3.8) is 0 Å². The van der Waals surface area contributed by atoms with Gasteiger partial charge in [-0.3, -0.25) is 4.99 Å². The van der Waals surface area contributed by atoms with Crippen LogP contribution in [-0.2, 0) is 0 Å². The van der Waals surface area contributed by atoms with E-state index in [4.69, 9.17) is 4.99 Å². The maximum Gasteiger partial charge on any atom is 0.161 e. The molecule has 104 valence electrons. The van der Waals surface area contributed by atoms with Gasteiger partial charge in [0.2, 0.25) is 0 Å². The predicted octanol–water partition coefficient (Wildman–Crippen LogP) is 4.97. The summed E-state index contributed by atoms with van der Waals surface area (Å²) in [5.41, 5.74) is 1.79. The third kappa shape index (κ3) is 3.51. The van der Waals surface area contributed by atoms with Crippen LogP contribution in [0.5, 0.6) is 0 Å². The number of rotatable bonds is 2. The molecule has 1 aliphatic heterocycles. The quantitative estimate of drug-likeness (QED) is 0.818. The van der Waals surface area contributed by atoms with Gasteiger partial charge < -0.3 is 5.32 Å². The third-order valence-electron chi connectivity index (χ3n) is 3.52. The number of hydrogen-bond acceptors (Lipinski definition) is 3. The number of amidine groups is 1. The fourth-order valence-electron chi connectivity index (χ4n) is 1.92. The molecule has 2 nitrogen and oxygen atoms in total. The van der Waals surface area contributed by atoms with E-state index in [0.717, 1.165) is 35.0 Å². The fourth-order valence-corrected chi connectivity index (χ4v) is 3.58. The highest BCUT2D eigenvalue weighted by atomic mass is 79.9. The molecule has 1 aliphatic rings. The van der Waals surface area contributed by atoms with Gasteiger partial charge in [-0.25, -0.2) is 4.39 Å². The van der Waals surface area contributed by atoms with Crippen LogP contribution in [0.1, 0.15) is 32.3 Å². The van der Waals surface area contributed by atoms with Crippen molar-refractivity contribution in [3.8, 4) is 0 Å². The molecule has 1 atom stereocenters. The second-order valence-corrected chi connectivity index (χ2v) is 7.01. The molecule has 0 spiro atoms. The van der Waals surface area contributed by atoms with Crippen LogP contribution in [0.25, 0.3) is 0 Å². The minimum Gasteiger partial charge on any atom is -0.335 e. The summed E-state index contributed by atoms with van der Waals surface area (Å²) in [5, 5.41) is 4.15. The largest absolute Gasteiger partial charge is 0.335 e. The molecule has 2 rings (SSSR count). The number of benzene rings is 1. The van der Waals surface area contributed by atoms with Crippen molar-refractivity contribution in [2.75, 3.05) is 11.1 Å². The van der Waals surface area contributed by atoms with Crippen LogP contribution in [0.4, 0.5) is 10.1 Å². The lowest BCUT2D eigenvalue weighted by molar-refractivity contribution is 0.443. The van der Waals surface area contributed by atoms with Crippen molar-refractivity contribution >= 4 is 38.5 Å². The third-order valence-corrected chi connectivity index (χ3v) is 5.00.